The van der Waals surface area contributed by atoms with Crippen LogP contribution in [0, 0.1) is 0 Å². The second kappa shape index (κ2) is 9.09. The van der Waals surface area contributed by atoms with Crippen molar-refractivity contribution >= 4 is 23.3 Å². The van der Waals surface area contributed by atoms with Crippen molar-refractivity contribution in [3.05, 3.63) is 65.3 Å². The predicted molar refractivity (Wildman–Crippen MR) is 113 cm³/mol. The molecule has 1 amide bonds. The van der Waals surface area contributed by atoms with Gasteiger partial charge in [-0.15, -0.1) is 0 Å². The first kappa shape index (κ1) is 19.5. The lowest BCUT2D eigenvalue weighted by atomic mass is 10.2. The van der Waals surface area contributed by atoms with Gasteiger partial charge in [0, 0.05) is 44.2 Å². The smallest absolute Gasteiger partial charge is 0.220 e. The van der Waals surface area contributed by atoms with Crippen LogP contribution in [0.1, 0.15) is 30.7 Å². The molecule has 0 bridgehead atoms. The fourth-order valence-electron chi connectivity index (χ4n) is 3.41. The van der Waals surface area contributed by atoms with Gasteiger partial charge in [0.15, 0.2) is 11.7 Å². The quantitative estimate of drug-likeness (QED) is 0.630. The average molecular weight is 411 g/mol. The molecule has 1 aliphatic rings. The van der Waals surface area contributed by atoms with Crippen LogP contribution in [0.15, 0.2) is 53.2 Å². The second-order valence-electron chi connectivity index (χ2n) is 7.09. The number of anilines is 1. The Bertz CT molecular complexity index is 982. The minimum Gasteiger partial charge on any atom is -0.441 e. The molecule has 29 heavy (non-hydrogen) atoms. The van der Waals surface area contributed by atoms with Gasteiger partial charge >= 0.3 is 0 Å². The van der Waals surface area contributed by atoms with Crippen molar-refractivity contribution in [1.82, 2.24) is 15.3 Å². The maximum atomic E-state index is 12.2. The molecule has 1 aliphatic heterocycles. The Hall–Kier alpha value is -2.86. The first-order valence-electron chi connectivity index (χ1n) is 9.85. The lowest BCUT2D eigenvalue weighted by Crippen LogP contribution is -2.24. The number of carbonyl (C=O) groups is 1. The standard InChI is InChI=1S/C22H23ClN4O2/c23-18-6-2-1-5-17(18)19-15-26-22(29-19)8-7-21(28)25-14-16-9-10-24-20(13-16)27-11-3-4-12-27/h1-2,5-6,9-10,13,15H,3-4,7-8,11-12,14H2,(H,25,28). The van der Waals surface area contributed by atoms with Crippen LogP contribution < -0.4 is 10.2 Å². The van der Waals surface area contributed by atoms with Gasteiger partial charge in [-0.1, -0.05) is 23.7 Å². The van der Waals surface area contributed by atoms with E-state index in [0.717, 1.165) is 30.0 Å². The van der Waals surface area contributed by atoms with Crippen molar-refractivity contribution < 1.29 is 9.21 Å². The Balaban J connectivity index is 1.28. The summed E-state index contributed by atoms with van der Waals surface area (Å²) in [4.78, 5) is 23.2. The van der Waals surface area contributed by atoms with Gasteiger partial charge in [0.25, 0.3) is 0 Å². The zero-order chi connectivity index (χ0) is 20.1. The number of hydrogen-bond donors (Lipinski definition) is 1. The average Bonchev–Trinajstić information content (AvgIpc) is 3.44. The van der Waals surface area contributed by atoms with E-state index in [1.807, 2.05) is 24.3 Å². The maximum absolute atomic E-state index is 12.2. The van der Waals surface area contributed by atoms with Gasteiger partial charge in [-0.3, -0.25) is 4.79 Å². The van der Waals surface area contributed by atoms with Gasteiger partial charge in [0.2, 0.25) is 5.91 Å². The molecule has 0 unspecified atom stereocenters. The summed E-state index contributed by atoms with van der Waals surface area (Å²) in [6.45, 7) is 2.59. The molecule has 3 heterocycles. The van der Waals surface area contributed by atoms with E-state index in [1.54, 1.807) is 18.5 Å². The molecular weight excluding hydrogens is 388 g/mol. The molecule has 6 nitrogen and oxygen atoms in total. The van der Waals surface area contributed by atoms with E-state index in [9.17, 15) is 4.79 Å². The molecule has 4 rings (SSSR count). The first-order chi connectivity index (χ1) is 14.2. The van der Waals surface area contributed by atoms with E-state index < -0.39 is 0 Å². The number of amides is 1. The van der Waals surface area contributed by atoms with E-state index in [4.69, 9.17) is 16.0 Å². The normalized spacial score (nSPS) is 13.6. The fourth-order valence-corrected chi connectivity index (χ4v) is 3.64. The van der Waals surface area contributed by atoms with Crippen LogP contribution in [0.2, 0.25) is 5.02 Å². The van der Waals surface area contributed by atoms with Gasteiger partial charge in [0.1, 0.15) is 5.82 Å². The van der Waals surface area contributed by atoms with Crippen LogP contribution in [0.5, 0.6) is 0 Å². The third kappa shape index (κ3) is 4.95. The molecule has 0 atom stereocenters. The van der Waals surface area contributed by atoms with Crippen molar-refractivity contribution in [2.75, 3.05) is 18.0 Å². The maximum Gasteiger partial charge on any atom is 0.220 e. The Kier molecular flexibility index (Phi) is 6.10. The number of benzene rings is 1. The number of hydrogen-bond acceptors (Lipinski definition) is 5. The van der Waals surface area contributed by atoms with E-state index in [-0.39, 0.29) is 5.91 Å². The molecule has 0 radical (unpaired) electrons. The number of pyridine rings is 1. The number of nitrogens with one attached hydrogen (secondary N) is 1. The Morgan fingerprint density at radius 2 is 2.00 bits per heavy atom. The zero-order valence-electron chi connectivity index (χ0n) is 16.1. The Labute approximate surface area is 174 Å². The van der Waals surface area contributed by atoms with Crippen LogP contribution in [-0.4, -0.2) is 29.0 Å². The third-order valence-electron chi connectivity index (χ3n) is 4.99. The molecule has 0 aliphatic carbocycles. The van der Waals surface area contributed by atoms with Crippen molar-refractivity contribution in [2.24, 2.45) is 0 Å². The number of oxazole rings is 1. The minimum absolute atomic E-state index is 0.0398. The lowest BCUT2D eigenvalue weighted by Gasteiger charge is -2.17. The predicted octanol–water partition coefficient (Wildman–Crippen LogP) is 4.24. The van der Waals surface area contributed by atoms with E-state index in [0.29, 0.717) is 36.1 Å². The monoisotopic (exact) mass is 410 g/mol. The third-order valence-corrected chi connectivity index (χ3v) is 5.32. The number of rotatable bonds is 7. The molecule has 0 saturated carbocycles. The first-order valence-corrected chi connectivity index (χ1v) is 10.2. The van der Waals surface area contributed by atoms with Crippen LogP contribution >= 0.6 is 11.6 Å². The minimum atomic E-state index is -0.0398. The summed E-state index contributed by atoms with van der Waals surface area (Å²) in [5, 5.41) is 3.57. The molecule has 150 valence electrons. The SMILES string of the molecule is O=C(CCc1ncc(-c2ccccc2Cl)o1)NCc1ccnc(N2CCCC2)c1. The van der Waals surface area contributed by atoms with Gasteiger partial charge in [-0.2, -0.15) is 0 Å². The lowest BCUT2D eigenvalue weighted by molar-refractivity contribution is -0.121. The largest absolute Gasteiger partial charge is 0.441 e. The summed E-state index contributed by atoms with van der Waals surface area (Å²) < 4.78 is 5.75. The highest BCUT2D eigenvalue weighted by molar-refractivity contribution is 6.33. The van der Waals surface area contributed by atoms with Gasteiger partial charge in [-0.25, -0.2) is 9.97 Å². The summed E-state index contributed by atoms with van der Waals surface area (Å²) in [5.41, 5.74) is 1.84. The van der Waals surface area contributed by atoms with E-state index in [2.05, 4.69) is 26.3 Å². The summed E-state index contributed by atoms with van der Waals surface area (Å²) in [6.07, 6.45) is 6.62. The summed E-state index contributed by atoms with van der Waals surface area (Å²) >= 11 is 6.19. The van der Waals surface area contributed by atoms with Crippen molar-refractivity contribution in [2.45, 2.75) is 32.2 Å². The molecule has 7 heteroatoms. The number of carbonyl (C=O) groups excluding carboxylic acids is 1. The molecule has 3 aromatic rings. The molecule has 2 aromatic heterocycles. The van der Waals surface area contributed by atoms with Gasteiger partial charge in [-0.05, 0) is 42.7 Å². The highest BCUT2D eigenvalue weighted by Gasteiger charge is 2.14. The van der Waals surface area contributed by atoms with Crippen molar-refractivity contribution in [1.29, 1.82) is 0 Å². The van der Waals surface area contributed by atoms with Crippen LogP contribution in [0.4, 0.5) is 5.82 Å². The van der Waals surface area contributed by atoms with E-state index in [1.165, 1.54) is 12.8 Å². The molecule has 1 N–H and O–H groups in total. The fraction of sp³-hybridized carbons (Fsp3) is 0.318. The molecule has 0 spiro atoms. The summed E-state index contributed by atoms with van der Waals surface area (Å²) in [6, 6.07) is 11.4. The highest BCUT2D eigenvalue weighted by Crippen LogP contribution is 2.28. The molecule has 1 fully saturated rings. The van der Waals surface area contributed by atoms with Crippen molar-refractivity contribution in [3.8, 4) is 11.3 Å². The topological polar surface area (TPSA) is 71.3 Å². The second-order valence-corrected chi connectivity index (χ2v) is 7.50. The van der Waals surface area contributed by atoms with Crippen LogP contribution in [0.25, 0.3) is 11.3 Å². The zero-order valence-corrected chi connectivity index (χ0v) is 16.9. The number of aromatic nitrogens is 2. The Morgan fingerprint density at radius 3 is 2.83 bits per heavy atom. The number of aryl methyl sites for hydroxylation is 1. The summed E-state index contributed by atoms with van der Waals surface area (Å²) in [7, 11) is 0. The van der Waals surface area contributed by atoms with E-state index >= 15 is 0 Å². The number of nitrogens with zero attached hydrogens (tertiary/aromatic N) is 3. The molecule has 1 aromatic carbocycles. The van der Waals surface area contributed by atoms with Crippen molar-refractivity contribution in [3.63, 3.8) is 0 Å². The van der Waals surface area contributed by atoms with Gasteiger partial charge in [0.05, 0.1) is 11.2 Å². The Morgan fingerprint density at radius 1 is 1.17 bits per heavy atom. The molecular formula is C22H23ClN4O2. The van der Waals surface area contributed by atoms with Crippen LogP contribution in [-0.2, 0) is 17.8 Å². The van der Waals surface area contributed by atoms with Gasteiger partial charge < -0.3 is 14.6 Å². The highest BCUT2D eigenvalue weighted by atomic mass is 35.5. The number of halogens is 1. The molecule has 1 saturated heterocycles. The van der Waals surface area contributed by atoms with Crippen LogP contribution in [0.3, 0.4) is 0 Å². The summed E-state index contributed by atoms with van der Waals surface area (Å²) in [5.74, 6) is 2.08.